The molecule has 0 N–H and O–H groups in total. The summed E-state index contributed by atoms with van der Waals surface area (Å²) < 4.78 is 25.4. The first kappa shape index (κ1) is 22.0. The first-order valence-electron chi connectivity index (χ1n) is 10.9. The van der Waals surface area contributed by atoms with Crippen molar-refractivity contribution < 1.29 is 18.7 Å². The zero-order valence-corrected chi connectivity index (χ0v) is 18.0. The van der Waals surface area contributed by atoms with Gasteiger partial charge in [-0.1, -0.05) is 30.3 Å². The Balaban J connectivity index is 1.42. The molecule has 2 aromatic carbocycles. The van der Waals surface area contributed by atoms with Crippen LogP contribution >= 0.6 is 0 Å². The number of pyridine rings is 1. The Morgan fingerprint density at radius 2 is 2.06 bits per heavy atom. The number of nitrogens with zero attached hydrogens (tertiary/aromatic N) is 2. The molecule has 0 radical (unpaired) electrons. The highest BCUT2D eigenvalue weighted by atomic mass is 19.1. The minimum atomic E-state index is -0.219. The van der Waals surface area contributed by atoms with Crippen molar-refractivity contribution in [1.82, 2.24) is 9.88 Å². The molecule has 0 aliphatic carbocycles. The van der Waals surface area contributed by atoms with E-state index in [4.69, 9.17) is 9.47 Å². The topological polar surface area (TPSA) is 51.7 Å². The summed E-state index contributed by atoms with van der Waals surface area (Å²) in [4.78, 5) is 19.0. The number of rotatable bonds is 9. The predicted molar refractivity (Wildman–Crippen MR) is 120 cm³/mol. The number of hydrogen-bond donors (Lipinski definition) is 0. The summed E-state index contributed by atoms with van der Waals surface area (Å²) in [6.45, 7) is 2.09. The van der Waals surface area contributed by atoms with Gasteiger partial charge in [-0.2, -0.15) is 0 Å². The summed E-state index contributed by atoms with van der Waals surface area (Å²) in [6.07, 6.45) is 5.76. The smallest absolute Gasteiger partial charge is 0.255 e. The van der Waals surface area contributed by atoms with Crippen molar-refractivity contribution in [3.63, 3.8) is 0 Å². The standard InChI is InChI=1S/C26H27FN2O3/c27-25-11-2-1-7-21(25)12-15-32-23-9-3-6-20(16-23)18-29(19-24-10-5-14-31-24)26(30)22-8-4-13-28-17-22/h1-4,6-9,11,13,16-17,24H,5,10,12,14-15,18-19H2/t24-/m0/s1. The molecule has 1 aliphatic heterocycles. The van der Waals surface area contributed by atoms with Gasteiger partial charge >= 0.3 is 0 Å². The summed E-state index contributed by atoms with van der Waals surface area (Å²) in [5.41, 5.74) is 2.15. The highest BCUT2D eigenvalue weighted by Crippen LogP contribution is 2.20. The number of hydrogen-bond acceptors (Lipinski definition) is 4. The molecule has 1 amide bonds. The monoisotopic (exact) mass is 434 g/mol. The molecule has 1 saturated heterocycles. The zero-order chi connectivity index (χ0) is 22.2. The van der Waals surface area contributed by atoms with E-state index in [1.54, 1.807) is 36.7 Å². The van der Waals surface area contributed by atoms with Crippen LogP contribution in [0.3, 0.4) is 0 Å². The summed E-state index contributed by atoms with van der Waals surface area (Å²) >= 11 is 0. The second-order valence-electron chi connectivity index (χ2n) is 7.90. The van der Waals surface area contributed by atoms with Gasteiger partial charge in [0.25, 0.3) is 5.91 Å². The molecule has 3 aromatic rings. The van der Waals surface area contributed by atoms with E-state index >= 15 is 0 Å². The molecule has 2 heterocycles. The first-order valence-corrected chi connectivity index (χ1v) is 10.9. The highest BCUT2D eigenvalue weighted by Gasteiger charge is 2.24. The van der Waals surface area contributed by atoms with Crippen LogP contribution in [0, 0.1) is 5.82 Å². The molecule has 0 saturated carbocycles. The molecule has 4 rings (SSSR count). The predicted octanol–water partition coefficient (Wildman–Crippen LogP) is 4.66. The van der Waals surface area contributed by atoms with Crippen LogP contribution in [0.5, 0.6) is 5.75 Å². The van der Waals surface area contributed by atoms with Crippen molar-refractivity contribution >= 4 is 5.91 Å². The molecule has 0 bridgehead atoms. The van der Waals surface area contributed by atoms with Crippen LogP contribution in [0.4, 0.5) is 4.39 Å². The van der Waals surface area contributed by atoms with E-state index < -0.39 is 0 Å². The number of aromatic nitrogens is 1. The Morgan fingerprint density at radius 1 is 1.16 bits per heavy atom. The van der Waals surface area contributed by atoms with E-state index in [9.17, 15) is 9.18 Å². The van der Waals surface area contributed by atoms with E-state index in [0.717, 1.165) is 25.0 Å². The summed E-state index contributed by atoms with van der Waals surface area (Å²) in [6, 6.07) is 18.0. The van der Waals surface area contributed by atoms with E-state index in [1.807, 2.05) is 35.2 Å². The van der Waals surface area contributed by atoms with E-state index in [2.05, 4.69) is 4.98 Å². The lowest BCUT2D eigenvalue weighted by atomic mass is 10.1. The van der Waals surface area contributed by atoms with Gasteiger partial charge in [-0.3, -0.25) is 9.78 Å². The van der Waals surface area contributed by atoms with Crippen molar-refractivity contribution in [2.24, 2.45) is 0 Å². The SMILES string of the molecule is O=C(c1cccnc1)N(Cc1cccc(OCCc2ccccc2F)c1)C[C@@H]1CCCO1. The molecule has 1 atom stereocenters. The molecule has 1 aromatic heterocycles. The van der Waals surface area contributed by atoms with Crippen LogP contribution in [0.1, 0.15) is 34.3 Å². The van der Waals surface area contributed by atoms with Crippen LogP contribution in [0.25, 0.3) is 0 Å². The van der Waals surface area contributed by atoms with E-state index in [1.165, 1.54) is 6.07 Å². The fourth-order valence-electron chi connectivity index (χ4n) is 3.86. The molecular weight excluding hydrogens is 407 g/mol. The number of carbonyl (C=O) groups is 1. The van der Waals surface area contributed by atoms with Crippen LogP contribution in [0.2, 0.25) is 0 Å². The average Bonchev–Trinajstić information content (AvgIpc) is 3.33. The quantitative estimate of drug-likeness (QED) is 0.491. The molecule has 0 unspecified atom stereocenters. The van der Waals surface area contributed by atoms with Crippen LogP contribution in [-0.4, -0.2) is 41.7 Å². The molecule has 1 aliphatic rings. The fraction of sp³-hybridized carbons (Fsp3) is 0.308. The lowest BCUT2D eigenvalue weighted by molar-refractivity contribution is 0.0507. The number of ether oxygens (including phenoxy) is 2. The second kappa shape index (κ2) is 10.9. The van der Waals surface area contributed by atoms with E-state index in [0.29, 0.717) is 43.0 Å². The zero-order valence-electron chi connectivity index (χ0n) is 18.0. The summed E-state index contributed by atoms with van der Waals surface area (Å²) in [7, 11) is 0. The van der Waals surface area contributed by atoms with Gasteiger partial charge in [-0.05, 0) is 54.3 Å². The molecule has 0 spiro atoms. The second-order valence-corrected chi connectivity index (χ2v) is 7.90. The summed E-state index contributed by atoms with van der Waals surface area (Å²) in [5.74, 6) is 0.410. The maximum absolute atomic E-state index is 13.8. The van der Waals surface area contributed by atoms with Gasteiger partial charge in [0.15, 0.2) is 0 Å². The van der Waals surface area contributed by atoms with Crippen LogP contribution in [-0.2, 0) is 17.7 Å². The molecular formula is C26H27FN2O3. The van der Waals surface area contributed by atoms with Gasteiger partial charge in [0, 0.05) is 38.5 Å². The lowest BCUT2D eigenvalue weighted by Gasteiger charge is -2.26. The van der Waals surface area contributed by atoms with Gasteiger partial charge in [-0.15, -0.1) is 0 Å². The van der Waals surface area contributed by atoms with Crippen LogP contribution < -0.4 is 4.74 Å². The number of halogens is 1. The van der Waals surface area contributed by atoms with Crippen molar-refractivity contribution in [3.8, 4) is 5.75 Å². The fourth-order valence-corrected chi connectivity index (χ4v) is 3.86. The summed E-state index contributed by atoms with van der Waals surface area (Å²) in [5, 5.41) is 0. The molecule has 166 valence electrons. The number of benzene rings is 2. The van der Waals surface area contributed by atoms with Crippen molar-refractivity contribution in [2.75, 3.05) is 19.8 Å². The third kappa shape index (κ3) is 5.92. The molecule has 32 heavy (non-hydrogen) atoms. The Bertz CT molecular complexity index is 1020. The lowest BCUT2D eigenvalue weighted by Crippen LogP contribution is -2.37. The third-order valence-corrected chi connectivity index (χ3v) is 5.51. The van der Waals surface area contributed by atoms with Crippen molar-refractivity contribution in [3.05, 3.63) is 95.6 Å². The Hall–Kier alpha value is -3.25. The van der Waals surface area contributed by atoms with Gasteiger partial charge in [-0.25, -0.2) is 4.39 Å². The van der Waals surface area contributed by atoms with Gasteiger partial charge in [0.05, 0.1) is 18.3 Å². The Kier molecular flexibility index (Phi) is 7.46. The largest absolute Gasteiger partial charge is 0.493 e. The van der Waals surface area contributed by atoms with Gasteiger partial charge in [0.2, 0.25) is 0 Å². The van der Waals surface area contributed by atoms with E-state index in [-0.39, 0.29) is 17.8 Å². The molecule has 5 nitrogen and oxygen atoms in total. The molecule has 1 fully saturated rings. The van der Waals surface area contributed by atoms with Crippen molar-refractivity contribution in [2.45, 2.75) is 31.9 Å². The maximum Gasteiger partial charge on any atom is 0.255 e. The normalized spacial score (nSPS) is 15.5. The van der Waals surface area contributed by atoms with Crippen molar-refractivity contribution in [1.29, 1.82) is 0 Å². The minimum absolute atomic E-state index is 0.0517. The maximum atomic E-state index is 13.8. The van der Waals surface area contributed by atoms with Gasteiger partial charge < -0.3 is 14.4 Å². The minimum Gasteiger partial charge on any atom is -0.493 e. The Labute approximate surface area is 187 Å². The third-order valence-electron chi connectivity index (χ3n) is 5.51. The number of amides is 1. The highest BCUT2D eigenvalue weighted by molar-refractivity contribution is 5.93. The first-order chi connectivity index (χ1) is 15.7. The average molecular weight is 435 g/mol. The Morgan fingerprint density at radius 3 is 2.84 bits per heavy atom. The van der Waals surface area contributed by atoms with Crippen LogP contribution in [0.15, 0.2) is 73.1 Å². The number of carbonyl (C=O) groups excluding carboxylic acids is 1. The van der Waals surface area contributed by atoms with Gasteiger partial charge in [0.1, 0.15) is 11.6 Å². The molecule has 6 heteroatoms.